The number of imide groups is 1. The number of carbonyl (C=O) groups excluding carboxylic acids is 3. The number of piperidine rings is 1. The topological polar surface area (TPSA) is 78.5 Å². The first-order chi connectivity index (χ1) is 15.5. The molecule has 2 heterocycles. The highest BCUT2D eigenvalue weighted by Gasteiger charge is 2.39. The second-order valence-corrected chi connectivity index (χ2v) is 8.49. The van der Waals surface area contributed by atoms with Crippen LogP contribution in [0.4, 0.5) is 5.69 Å². The quantitative estimate of drug-likeness (QED) is 0.608. The molecule has 1 fully saturated rings. The van der Waals surface area contributed by atoms with Crippen LogP contribution < -0.4 is 10.6 Å². The molecule has 0 spiro atoms. The molecule has 1 saturated heterocycles. The van der Waals surface area contributed by atoms with Gasteiger partial charge in [0.25, 0.3) is 5.91 Å². The Bertz CT molecular complexity index is 1250. The zero-order valence-corrected chi connectivity index (χ0v) is 18.0. The van der Waals surface area contributed by atoms with Crippen molar-refractivity contribution in [3.8, 4) is 0 Å². The zero-order valence-electron chi connectivity index (χ0n) is 18.0. The van der Waals surface area contributed by atoms with Gasteiger partial charge in [-0.15, -0.1) is 0 Å². The average molecular weight is 428 g/mol. The molecular weight excluding hydrogens is 402 g/mol. The van der Waals surface area contributed by atoms with E-state index in [-0.39, 0.29) is 24.1 Å². The second kappa shape index (κ2) is 8.11. The van der Waals surface area contributed by atoms with Gasteiger partial charge in [0.05, 0.1) is 0 Å². The number of amides is 3. The van der Waals surface area contributed by atoms with Crippen molar-refractivity contribution in [3.05, 3.63) is 76.9 Å². The standard InChI is InChI=1S/C26H25N3O3/c1-2-16-3-5-19-12-17(4-6-18(19)11-16)14-27-21-7-8-22-20(13-21)15-29(26(22)32)23-9-10-24(30)28-25(23)31/h3-8,11-13,23,27H,2,9-10,14-15H2,1H3,(H,28,30,31). The number of nitrogens with zero attached hydrogens (tertiary/aromatic N) is 1. The highest BCUT2D eigenvalue weighted by atomic mass is 16.2. The lowest BCUT2D eigenvalue weighted by Gasteiger charge is -2.29. The second-order valence-electron chi connectivity index (χ2n) is 8.49. The van der Waals surface area contributed by atoms with E-state index in [2.05, 4.69) is 54.0 Å². The fourth-order valence-corrected chi connectivity index (χ4v) is 4.56. The number of aryl methyl sites for hydroxylation is 1. The Balaban J connectivity index is 1.29. The summed E-state index contributed by atoms with van der Waals surface area (Å²) < 4.78 is 0. The van der Waals surface area contributed by atoms with Crippen LogP contribution in [0.5, 0.6) is 0 Å². The van der Waals surface area contributed by atoms with Crippen molar-refractivity contribution in [1.82, 2.24) is 10.2 Å². The maximum Gasteiger partial charge on any atom is 0.255 e. The average Bonchev–Trinajstić information content (AvgIpc) is 3.12. The summed E-state index contributed by atoms with van der Waals surface area (Å²) in [6.07, 6.45) is 1.66. The first-order valence-electron chi connectivity index (χ1n) is 11.0. The lowest BCUT2D eigenvalue weighted by atomic mass is 10.0. The molecule has 0 aliphatic carbocycles. The third kappa shape index (κ3) is 3.73. The lowest BCUT2D eigenvalue weighted by Crippen LogP contribution is -2.52. The normalized spacial score (nSPS) is 18.1. The van der Waals surface area contributed by atoms with Gasteiger partial charge >= 0.3 is 0 Å². The molecule has 162 valence electrons. The number of benzene rings is 3. The summed E-state index contributed by atoms with van der Waals surface area (Å²) in [5.41, 5.74) is 4.97. The molecule has 6 heteroatoms. The van der Waals surface area contributed by atoms with Crippen molar-refractivity contribution >= 4 is 34.2 Å². The molecular formula is C26H25N3O3. The number of hydrogen-bond acceptors (Lipinski definition) is 4. The maximum atomic E-state index is 12.8. The van der Waals surface area contributed by atoms with Crippen LogP contribution in [0.2, 0.25) is 0 Å². The highest BCUT2D eigenvalue weighted by Crippen LogP contribution is 2.29. The fourth-order valence-electron chi connectivity index (χ4n) is 4.56. The molecule has 1 atom stereocenters. The van der Waals surface area contributed by atoms with Crippen LogP contribution in [-0.4, -0.2) is 28.7 Å². The fraction of sp³-hybridized carbons (Fsp3) is 0.269. The molecule has 6 nitrogen and oxygen atoms in total. The van der Waals surface area contributed by atoms with Crippen LogP contribution in [0.15, 0.2) is 54.6 Å². The van der Waals surface area contributed by atoms with Crippen LogP contribution in [0, 0.1) is 0 Å². The minimum atomic E-state index is -0.588. The van der Waals surface area contributed by atoms with E-state index in [0.717, 1.165) is 17.7 Å². The van der Waals surface area contributed by atoms with Crippen LogP contribution in [-0.2, 0) is 29.1 Å². The molecule has 32 heavy (non-hydrogen) atoms. The van der Waals surface area contributed by atoms with Crippen LogP contribution in [0.25, 0.3) is 10.8 Å². The van der Waals surface area contributed by atoms with E-state index >= 15 is 0 Å². The first kappa shape index (κ1) is 20.2. The molecule has 3 aromatic carbocycles. The van der Waals surface area contributed by atoms with Gasteiger partial charge < -0.3 is 10.2 Å². The minimum absolute atomic E-state index is 0.151. The number of carbonyl (C=O) groups is 3. The number of hydrogen-bond donors (Lipinski definition) is 2. The van der Waals surface area contributed by atoms with E-state index in [4.69, 9.17) is 0 Å². The van der Waals surface area contributed by atoms with Crippen LogP contribution in [0.3, 0.4) is 0 Å². The van der Waals surface area contributed by atoms with Gasteiger partial charge in [-0.05, 0) is 64.6 Å². The minimum Gasteiger partial charge on any atom is -0.381 e. The summed E-state index contributed by atoms with van der Waals surface area (Å²) in [5, 5.41) is 8.26. The summed E-state index contributed by atoms with van der Waals surface area (Å²) in [6.45, 7) is 3.22. The van der Waals surface area contributed by atoms with Gasteiger partial charge in [-0.1, -0.05) is 37.3 Å². The number of fused-ring (bicyclic) bond motifs is 2. The monoisotopic (exact) mass is 427 g/mol. The molecule has 2 N–H and O–H groups in total. The Morgan fingerprint density at radius 2 is 1.72 bits per heavy atom. The van der Waals surface area contributed by atoms with E-state index in [9.17, 15) is 14.4 Å². The third-order valence-electron chi connectivity index (χ3n) is 6.40. The summed E-state index contributed by atoms with van der Waals surface area (Å²) >= 11 is 0. The number of rotatable bonds is 5. The Morgan fingerprint density at radius 1 is 0.969 bits per heavy atom. The summed E-state index contributed by atoms with van der Waals surface area (Å²) in [6, 6.07) is 18.2. The van der Waals surface area contributed by atoms with Crippen LogP contribution in [0.1, 0.15) is 46.8 Å². The Kier molecular flexibility index (Phi) is 5.13. The van der Waals surface area contributed by atoms with Gasteiger partial charge in [0.15, 0.2) is 0 Å². The van der Waals surface area contributed by atoms with E-state index in [0.29, 0.717) is 25.1 Å². The molecule has 3 amide bonds. The molecule has 0 saturated carbocycles. The molecule has 0 radical (unpaired) electrons. The van der Waals surface area contributed by atoms with Crippen LogP contribution >= 0.6 is 0 Å². The Hall–Kier alpha value is -3.67. The summed E-state index contributed by atoms with van der Waals surface area (Å²) in [7, 11) is 0. The van der Waals surface area contributed by atoms with E-state index in [1.807, 2.05) is 18.2 Å². The zero-order chi connectivity index (χ0) is 22.2. The number of anilines is 1. The number of nitrogens with one attached hydrogen (secondary N) is 2. The van der Waals surface area contributed by atoms with Crippen molar-refractivity contribution in [2.24, 2.45) is 0 Å². The predicted molar refractivity (Wildman–Crippen MR) is 123 cm³/mol. The highest BCUT2D eigenvalue weighted by molar-refractivity contribution is 6.05. The largest absolute Gasteiger partial charge is 0.381 e. The van der Waals surface area contributed by atoms with Gasteiger partial charge in [0, 0.05) is 30.8 Å². The van der Waals surface area contributed by atoms with Crippen molar-refractivity contribution in [2.45, 2.75) is 45.3 Å². The van der Waals surface area contributed by atoms with Gasteiger partial charge in [0.1, 0.15) is 6.04 Å². The lowest BCUT2D eigenvalue weighted by molar-refractivity contribution is -0.136. The Morgan fingerprint density at radius 3 is 2.47 bits per heavy atom. The molecule has 2 aliphatic heterocycles. The molecule has 2 aliphatic rings. The van der Waals surface area contributed by atoms with Crippen molar-refractivity contribution in [2.75, 3.05) is 5.32 Å². The third-order valence-corrected chi connectivity index (χ3v) is 6.40. The van der Waals surface area contributed by atoms with E-state index < -0.39 is 6.04 Å². The summed E-state index contributed by atoms with van der Waals surface area (Å²) in [4.78, 5) is 38.0. The molecule has 0 bridgehead atoms. The predicted octanol–water partition coefficient (Wildman–Crippen LogP) is 3.78. The molecule has 0 aromatic heterocycles. The van der Waals surface area contributed by atoms with Gasteiger partial charge in [-0.25, -0.2) is 0 Å². The maximum absolute atomic E-state index is 12.8. The van der Waals surface area contributed by atoms with E-state index in [1.54, 1.807) is 4.90 Å². The van der Waals surface area contributed by atoms with Gasteiger partial charge in [-0.3, -0.25) is 19.7 Å². The molecule has 5 rings (SSSR count). The van der Waals surface area contributed by atoms with Gasteiger partial charge in [-0.2, -0.15) is 0 Å². The molecule has 1 unspecified atom stereocenters. The smallest absolute Gasteiger partial charge is 0.255 e. The van der Waals surface area contributed by atoms with Crippen molar-refractivity contribution in [3.63, 3.8) is 0 Å². The first-order valence-corrected chi connectivity index (χ1v) is 11.0. The summed E-state index contributed by atoms with van der Waals surface area (Å²) in [5.74, 6) is -0.813. The SMILES string of the molecule is CCc1ccc2cc(CNc3ccc4c(c3)CN(C3CCC(=O)NC3=O)C4=O)ccc2c1. The van der Waals surface area contributed by atoms with E-state index in [1.165, 1.54) is 21.9 Å². The van der Waals surface area contributed by atoms with Crippen molar-refractivity contribution in [1.29, 1.82) is 0 Å². The molecule has 3 aromatic rings. The van der Waals surface area contributed by atoms with Gasteiger partial charge in [0.2, 0.25) is 11.8 Å². The Labute approximate surface area is 186 Å². The van der Waals surface area contributed by atoms with Crippen molar-refractivity contribution < 1.29 is 14.4 Å².